The summed E-state index contributed by atoms with van der Waals surface area (Å²) in [5.41, 5.74) is 2.20. The van der Waals surface area contributed by atoms with Crippen LogP contribution in [0.15, 0.2) is 61.2 Å². The first-order chi connectivity index (χ1) is 7.93. The summed E-state index contributed by atoms with van der Waals surface area (Å²) < 4.78 is 0. The van der Waals surface area contributed by atoms with E-state index in [9.17, 15) is 0 Å². The van der Waals surface area contributed by atoms with Gasteiger partial charge in [-0.1, -0.05) is 36.4 Å². The SMILES string of the molecule is c1ccc2cc(-c3cncnc3)ccc2c1. The van der Waals surface area contributed by atoms with Gasteiger partial charge in [0, 0.05) is 18.0 Å². The predicted molar refractivity (Wildman–Crippen MR) is 65.0 cm³/mol. The van der Waals surface area contributed by atoms with Gasteiger partial charge >= 0.3 is 0 Å². The lowest BCUT2D eigenvalue weighted by Gasteiger charge is -2.02. The molecule has 0 aliphatic rings. The van der Waals surface area contributed by atoms with Crippen LogP contribution in [0, 0.1) is 0 Å². The molecule has 0 radical (unpaired) electrons. The molecule has 0 unspecified atom stereocenters. The highest BCUT2D eigenvalue weighted by molar-refractivity contribution is 5.87. The van der Waals surface area contributed by atoms with Crippen molar-refractivity contribution in [3.8, 4) is 11.1 Å². The van der Waals surface area contributed by atoms with Gasteiger partial charge < -0.3 is 0 Å². The van der Waals surface area contributed by atoms with Crippen molar-refractivity contribution < 1.29 is 0 Å². The van der Waals surface area contributed by atoms with E-state index >= 15 is 0 Å². The quantitative estimate of drug-likeness (QED) is 0.610. The van der Waals surface area contributed by atoms with E-state index in [4.69, 9.17) is 0 Å². The van der Waals surface area contributed by atoms with Crippen molar-refractivity contribution in [2.45, 2.75) is 0 Å². The van der Waals surface area contributed by atoms with E-state index in [2.05, 4.69) is 40.3 Å². The highest BCUT2D eigenvalue weighted by Crippen LogP contribution is 2.22. The standard InChI is InChI=1S/C14H10N2/c1-2-4-12-7-13(6-5-11(12)3-1)14-8-15-10-16-9-14/h1-10H. The number of nitrogens with zero attached hydrogens (tertiary/aromatic N) is 2. The number of hydrogen-bond acceptors (Lipinski definition) is 2. The van der Waals surface area contributed by atoms with Crippen LogP contribution in [0.3, 0.4) is 0 Å². The van der Waals surface area contributed by atoms with Crippen molar-refractivity contribution in [3.63, 3.8) is 0 Å². The average Bonchev–Trinajstić information content (AvgIpc) is 2.39. The van der Waals surface area contributed by atoms with Crippen LogP contribution in [0.2, 0.25) is 0 Å². The number of fused-ring (bicyclic) bond motifs is 1. The zero-order valence-corrected chi connectivity index (χ0v) is 8.67. The van der Waals surface area contributed by atoms with Crippen LogP contribution in [0.4, 0.5) is 0 Å². The summed E-state index contributed by atoms with van der Waals surface area (Å²) in [4.78, 5) is 8.06. The van der Waals surface area contributed by atoms with Crippen molar-refractivity contribution in [2.24, 2.45) is 0 Å². The number of hydrogen-bond donors (Lipinski definition) is 0. The highest BCUT2D eigenvalue weighted by atomic mass is 14.8. The minimum absolute atomic E-state index is 1.05. The molecule has 76 valence electrons. The third-order valence-electron chi connectivity index (χ3n) is 2.64. The predicted octanol–water partition coefficient (Wildman–Crippen LogP) is 3.30. The van der Waals surface area contributed by atoms with Crippen molar-refractivity contribution in [1.29, 1.82) is 0 Å². The molecule has 0 spiro atoms. The molecule has 0 saturated carbocycles. The van der Waals surface area contributed by atoms with Crippen LogP contribution in [0.1, 0.15) is 0 Å². The first kappa shape index (κ1) is 9.04. The second-order valence-corrected chi connectivity index (χ2v) is 3.69. The molecule has 0 aliphatic carbocycles. The van der Waals surface area contributed by atoms with Gasteiger partial charge in [-0.05, 0) is 22.4 Å². The fourth-order valence-electron chi connectivity index (χ4n) is 1.82. The number of rotatable bonds is 1. The molecular weight excluding hydrogens is 196 g/mol. The normalized spacial score (nSPS) is 10.5. The largest absolute Gasteiger partial charge is 0.244 e. The Morgan fingerprint density at radius 2 is 1.44 bits per heavy atom. The Balaban J connectivity index is 2.19. The Hall–Kier alpha value is -2.22. The van der Waals surface area contributed by atoms with Crippen molar-refractivity contribution in [1.82, 2.24) is 9.97 Å². The second kappa shape index (κ2) is 3.74. The van der Waals surface area contributed by atoms with Gasteiger partial charge in [-0.15, -0.1) is 0 Å². The van der Waals surface area contributed by atoms with Gasteiger partial charge in [0.25, 0.3) is 0 Å². The van der Waals surface area contributed by atoms with Gasteiger partial charge in [-0.2, -0.15) is 0 Å². The Morgan fingerprint density at radius 1 is 0.688 bits per heavy atom. The lowest BCUT2D eigenvalue weighted by Crippen LogP contribution is -1.82. The summed E-state index contributed by atoms with van der Waals surface area (Å²) in [5.74, 6) is 0. The van der Waals surface area contributed by atoms with E-state index in [1.807, 2.05) is 24.5 Å². The number of benzene rings is 2. The summed E-state index contributed by atoms with van der Waals surface area (Å²) in [5, 5.41) is 2.49. The molecule has 3 aromatic rings. The van der Waals surface area contributed by atoms with E-state index in [1.165, 1.54) is 10.8 Å². The summed E-state index contributed by atoms with van der Waals surface area (Å²) in [6.07, 6.45) is 5.21. The molecule has 2 aromatic carbocycles. The van der Waals surface area contributed by atoms with Gasteiger partial charge in [0.2, 0.25) is 0 Å². The Morgan fingerprint density at radius 3 is 2.25 bits per heavy atom. The van der Waals surface area contributed by atoms with E-state index < -0.39 is 0 Å². The lowest BCUT2D eigenvalue weighted by atomic mass is 10.0. The van der Waals surface area contributed by atoms with E-state index in [0.717, 1.165) is 11.1 Å². The summed E-state index contributed by atoms with van der Waals surface area (Å²) in [6, 6.07) is 14.7. The zero-order valence-electron chi connectivity index (χ0n) is 8.67. The fraction of sp³-hybridized carbons (Fsp3) is 0. The monoisotopic (exact) mass is 206 g/mol. The lowest BCUT2D eigenvalue weighted by molar-refractivity contribution is 1.17. The summed E-state index contributed by atoms with van der Waals surface area (Å²) in [6.45, 7) is 0. The Bertz CT molecular complexity index is 618. The van der Waals surface area contributed by atoms with Crippen molar-refractivity contribution in [3.05, 3.63) is 61.2 Å². The van der Waals surface area contributed by atoms with Crippen LogP contribution >= 0.6 is 0 Å². The van der Waals surface area contributed by atoms with Gasteiger partial charge in [0.05, 0.1) is 0 Å². The van der Waals surface area contributed by atoms with Crippen LogP contribution in [0.5, 0.6) is 0 Å². The molecule has 1 heterocycles. The zero-order chi connectivity index (χ0) is 10.8. The second-order valence-electron chi connectivity index (χ2n) is 3.69. The van der Waals surface area contributed by atoms with E-state index in [-0.39, 0.29) is 0 Å². The Labute approximate surface area is 93.6 Å². The molecule has 0 aliphatic heterocycles. The minimum Gasteiger partial charge on any atom is -0.244 e. The first-order valence-electron chi connectivity index (χ1n) is 5.18. The maximum Gasteiger partial charge on any atom is 0.115 e. The van der Waals surface area contributed by atoms with Crippen LogP contribution in [-0.2, 0) is 0 Å². The fourth-order valence-corrected chi connectivity index (χ4v) is 1.82. The maximum atomic E-state index is 4.03. The van der Waals surface area contributed by atoms with Crippen LogP contribution < -0.4 is 0 Å². The summed E-state index contributed by atoms with van der Waals surface area (Å²) in [7, 11) is 0. The van der Waals surface area contributed by atoms with E-state index in [1.54, 1.807) is 6.33 Å². The number of aromatic nitrogens is 2. The topological polar surface area (TPSA) is 25.8 Å². The van der Waals surface area contributed by atoms with Gasteiger partial charge in [-0.3, -0.25) is 0 Å². The molecule has 0 fully saturated rings. The summed E-state index contributed by atoms with van der Waals surface area (Å²) >= 11 is 0. The molecule has 0 N–H and O–H groups in total. The molecule has 16 heavy (non-hydrogen) atoms. The van der Waals surface area contributed by atoms with Gasteiger partial charge in [0.1, 0.15) is 6.33 Å². The molecule has 3 rings (SSSR count). The molecule has 2 nitrogen and oxygen atoms in total. The Kier molecular flexibility index (Phi) is 2.11. The van der Waals surface area contributed by atoms with Crippen LogP contribution in [0.25, 0.3) is 21.9 Å². The van der Waals surface area contributed by atoms with Crippen molar-refractivity contribution >= 4 is 10.8 Å². The third kappa shape index (κ3) is 1.54. The minimum atomic E-state index is 1.05. The van der Waals surface area contributed by atoms with Crippen molar-refractivity contribution in [2.75, 3.05) is 0 Å². The van der Waals surface area contributed by atoms with Gasteiger partial charge in [-0.25, -0.2) is 9.97 Å². The first-order valence-corrected chi connectivity index (χ1v) is 5.18. The third-order valence-corrected chi connectivity index (χ3v) is 2.64. The molecule has 0 atom stereocenters. The highest BCUT2D eigenvalue weighted by Gasteiger charge is 1.99. The smallest absolute Gasteiger partial charge is 0.115 e. The van der Waals surface area contributed by atoms with E-state index in [0.29, 0.717) is 0 Å². The molecule has 1 aromatic heterocycles. The maximum absolute atomic E-state index is 4.03. The molecule has 0 amide bonds. The molecular formula is C14H10N2. The molecule has 0 bridgehead atoms. The average molecular weight is 206 g/mol. The molecule has 0 saturated heterocycles. The van der Waals surface area contributed by atoms with Gasteiger partial charge in [0.15, 0.2) is 0 Å². The van der Waals surface area contributed by atoms with Crippen LogP contribution in [-0.4, -0.2) is 9.97 Å². The molecule has 2 heteroatoms.